The van der Waals surface area contributed by atoms with Gasteiger partial charge in [-0.1, -0.05) is 13.8 Å². The van der Waals surface area contributed by atoms with Crippen LogP contribution in [0.25, 0.3) is 10.1 Å². The average Bonchev–Trinajstić information content (AvgIpc) is 2.87. The highest BCUT2D eigenvalue weighted by Gasteiger charge is 2.26. The summed E-state index contributed by atoms with van der Waals surface area (Å²) >= 11 is 1.54. The number of likely N-dealkylation sites (N-methyl/N-ethyl adjacent to an activating group) is 1. The van der Waals surface area contributed by atoms with Crippen LogP contribution < -0.4 is 5.56 Å². The standard InChI is InChI=1S/C18H25N3O2S/c1-12(2)11-21-6-5-14-16(18(21)23)15(13(3)24-14)17(22)20-9-7-19(4)8-10-20/h5-6,12H,7-11H2,1-4H3. The molecule has 0 spiro atoms. The number of thiophene rings is 1. The molecular weight excluding hydrogens is 322 g/mol. The second-order valence-electron chi connectivity index (χ2n) is 7.04. The summed E-state index contributed by atoms with van der Waals surface area (Å²) in [6, 6.07) is 1.97. The fourth-order valence-corrected chi connectivity index (χ4v) is 4.27. The van der Waals surface area contributed by atoms with E-state index in [0.29, 0.717) is 23.4 Å². The Labute approximate surface area is 146 Å². The van der Waals surface area contributed by atoms with E-state index >= 15 is 0 Å². The first-order valence-electron chi connectivity index (χ1n) is 8.49. The van der Waals surface area contributed by atoms with Gasteiger partial charge >= 0.3 is 0 Å². The number of amides is 1. The number of piperazine rings is 1. The minimum atomic E-state index is -0.0389. The molecule has 0 aliphatic carbocycles. The Bertz CT molecular complexity index is 814. The Morgan fingerprint density at radius 2 is 1.92 bits per heavy atom. The van der Waals surface area contributed by atoms with Crippen molar-refractivity contribution in [3.63, 3.8) is 0 Å². The van der Waals surface area contributed by atoms with Gasteiger partial charge in [-0.05, 0) is 26.0 Å². The second-order valence-corrected chi connectivity index (χ2v) is 8.29. The molecule has 3 rings (SSSR count). The van der Waals surface area contributed by atoms with Crippen LogP contribution in [-0.2, 0) is 6.54 Å². The Balaban J connectivity index is 2.05. The maximum absolute atomic E-state index is 13.1. The molecule has 0 saturated carbocycles. The average molecular weight is 347 g/mol. The Morgan fingerprint density at radius 1 is 1.25 bits per heavy atom. The fraction of sp³-hybridized carbons (Fsp3) is 0.556. The number of rotatable bonds is 3. The van der Waals surface area contributed by atoms with Crippen LogP contribution >= 0.6 is 11.3 Å². The summed E-state index contributed by atoms with van der Waals surface area (Å²) in [5.41, 5.74) is 0.575. The second kappa shape index (κ2) is 6.69. The van der Waals surface area contributed by atoms with Crippen molar-refractivity contribution in [3.05, 3.63) is 33.1 Å². The number of aromatic nitrogens is 1. The van der Waals surface area contributed by atoms with E-state index in [1.165, 1.54) is 0 Å². The predicted octanol–water partition coefficient (Wildman–Crippen LogP) is 2.42. The van der Waals surface area contributed by atoms with E-state index in [1.54, 1.807) is 15.9 Å². The van der Waals surface area contributed by atoms with Gasteiger partial charge in [0.25, 0.3) is 11.5 Å². The van der Waals surface area contributed by atoms with Crippen LogP contribution in [0.4, 0.5) is 0 Å². The number of fused-ring (bicyclic) bond motifs is 1. The monoisotopic (exact) mass is 347 g/mol. The van der Waals surface area contributed by atoms with Crippen LogP contribution in [0.15, 0.2) is 17.1 Å². The smallest absolute Gasteiger partial charge is 0.260 e. The van der Waals surface area contributed by atoms with Gasteiger partial charge in [-0.3, -0.25) is 9.59 Å². The third-order valence-electron chi connectivity index (χ3n) is 4.56. The summed E-state index contributed by atoms with van der Waals surface area (Å²) in [7, 11) is 2.07. The molecule has 2 aromatic heterocycles. The fourth-order valence-electron chi connectivity index (χ4n) is 3.23. The molecule has 1 amide bonds. The molecule has 6 heteroatoms. The number of pyridine rings is 1. The van der Waals surface area contributed by atoms with Crippen LogP contribution in [0.1, 0.15) is 29.1 Å². The highest BCUT2D eigenvalue weighted by molar-refractivity contribution is 7.19. The van der Waals surface area contributed by atoms with Crippen LogP contribution in [0, 0.1) is 12.8 Å². The van der Waals surface area contributed by atoms with Gasteiger partial charge < -0.3 is 14.4 Å². The molecule has 0 atom stereocenters. The molecule has 3 heterocycles. The van der Waals surface area contributed by atoms with Gasteiger partial charge in [0.1, 0.15) is 0 Å². The summed E-state index contributed by atoms with van der Waals surface area (Å²) in [6.45, 7) is 10.00. The molecule has 0 radical (unpaired) electrons. The van der Waals surface area contributed by atoms with E-state index in [4.69, 9.17) is 0 Å². The van der Waals surface area contributed by atoms with Gasteiger partial charge in [-0.25, -0.2) is 0 Å². The van der Waals surface area contributed by atoms with E-state index in [2.05, 4.69) is 25.8 Å². The summed E-state index contributed by atoms with van der Waals surface area (Å²) in [5, 5.41) is 0.601. The maximum atomic E-state index is 13.1. The molecule has 1 saturated heterocycles. The molecule has 130 valence electrons. The summed E-state index contributed by atoms with van der Waals surface area (Å²) < 4.78 is 2.65. The first-order chi connectivity index (χ1) is 11.4. The molecule has 1 aliphatic rings. The summed E-state index contributed by atoms with van der Waals surface area (Å²) in [5.74, 6) is 0.392. The topological polar surface area (TPSA) is 45.6 Å². The number of hydrogen-bond donors (Lipinski definition) is 0. The third-order valence-corrected chi connectivity index (χ3v) is 5.63. The van der Waals surface area contributed by atoms with Crippen molar-refractivity contribution in [1.29, 1.82) is 0 Å². The van der Waals surface area contributed by atoms with Crippen molar-refractivity contribution in [2.24, 2.45) is 5.92 Å². The molecule has 0 aromatic carbocycles. The van der Waals surface area contributed by atoms with Gasteiger partial charge in [0, 0.05) is 48.5 Å². The van der Waals surface area contributed by atoms with Crippen LogP contribution in [0.5, 0.6) is 0 Å². The normalized spacial score (nSPS) is 16.3. The highest BCUT2D eigenvalue weighted by Crippen LogP contribution is 2.29. The molecule has 24 heavy (non-hydrogen) atoms. The molecule has 0 unspecified atom stereocenters. The van der Waals surface area contributed by atoms with Gasteiger partial charge in [-0.15, -0.1) is 11.3 Å². The lowest BCUT2D eigenvalue weighted by atomic mass is 10.1. The van der Waals surface area contributed by atoms with E-state index in [9.17, 15) is 9.59 Å². The van der Waals surface area contributed by atoms with Gasteiger partial charge in [-0.2, -0.15) is 0 Å². The van der Waals surface area contributed by atoms with Gasteiger partial charge in [0.05, 0.1) is 10.9 Å². The van der Waals surface area contributed by atoms with Crippen molar-refractivity contribution < 1.29 is 4.79 Å². The molecular formula is C18H25N3O2S. The zero-order valence-electron chi connectivity index (χ0n) is 14.8. The number of nitrogens with zero attached hydrogens (tertiary/aromatic N) is 3. The largest absolute Gasteiger partial charge is 0.336 e. The lowest BCUT2D eigenvalue weighted by molar-refractivity contribution is 0.0666. The first-order valence-corrected chi connectivity index (χ1v) is 9.30. The van der Waals surface area contributed by atoms with E-state index in [1.807, 2.05) is 24.1 Å². The number of carbonyl (C=O) groups is 1. The minimum absolute atomic E-state index is 0.00578. The quantitative estimate of drug-likeness (QED) is 0.857. The van der Waals surface area contributed by atoms with E-state index in [0.717, 1.165) is 35.8 Å². The zero-order valence-corrected chi connectivity index (χ0v) is 15.7. The van der Waals surface area contributed by atoms with Crippen molar-refractivity contribution in [2.45, 2.75) is 27.3 Å². The molecule has 1 aliphatic heterocycles. The lowest BCUT2D eigenvalue weighted by Gasteiger charge is -2.32. The van der Waals surface area contributed by atoms with Crippen molar-refractivity contribution in [1.82, 2.24) is 14.4 Å². The zero-order chi connectivity index (χ0) is 17.4. The maximum Gasteiger partial charge on any atom is 0.260 e. The summed E-state index contributed by atoms with van der Waals surface area (Å²) in [6.07, 6.45) is 1.85. The number of carbonyl (C=O) groups excluding carboxylic acids is 1. The molecule has 5 nitrogen and oxygen atoms in total. The van der Waals surface area contributed by atoms with E-state index < -0.39 is 0 Å². The van der Waals surface area contributed by atoms with Crippen molar-refractivity contribution in [3.8, 4) is 0 Å². The molecule has 2 aromatic rings. The minimum Gasteiger partial charge on any atom is -0.336 e. The molecule has 1 fully saturated rings. The van der Waals surface area contributed by atoms with Crippen molar-refractivity contribution in [2.75, 3.05) is 33.2 Å². The highest BCUT2D eigenvalue weighted by atomic mass is 32.1. The summed E-state index contributed by atoms with van der Waals surface area (Å²) in [4.78, 5) is 31.0. The molecule has 0 bridgehead atoms. The predicted molar refractivity (Wildman–Crippen MR) is 99.1 cm³/mol. The van der Waals surface area contributed by atoms with Gasteiger partial charge in [0.2, 0.25) is 0 Å². The first kappa shape index (κ1) is 17.2. The lowest BCUT2D eigenvalue weighted by Crippen LogP contribution is -2.47. The molecule has 0 N–H and O–H groups in total. The van der Waals surface area contributed by atoms with Gasteiger partial charge in [0.15, 0.2) is 0 Å². The van der Waals surface area contributed by atoms with Crippen LogP contribution in [0.2, 0.25) is 0 Å². The van der Waals surface area contributed by atoms with E-state index in [-0.39, 0.29) is 11.5 Å². The Hall–Kier alpha value is -1.66. The number of aryl methyl sites for hydroxylation is 1. The van der Waals surface area contributed by atoms with Crippen LogP contribution in [-0.4, -0.2) is 53.5 Å². The SMILES string of the molecule is Cc1sc2ccn(CC(C)C)c(=O)c2c1C(=O)N1CCN(C)CC1. The Kier molecular flexibility index (Phi) is 4.78. The Morgan fingerprint density at radius 3 is 2.54 bits per heavy atom. The van der Waals surface area contributed by atoms with Crippen molar-refractivity contribution >= 4 is 27.3 Å². The third kappa shape index (κ3) is 3.13. The number of hydrogen-bond acceptors (Lipinski definition) is 4. The van der Waals surface area contributed by atoms with Crippen LogP contribution in [0.3, 0.4) is 0 Å².